The number of carbonyl (C=O) groups is 1. The Labute approximate surface area is 62.9 Å². The van der Waals surface area contributed by atoms with Gasteiger partial charge < -0.3 is 0 Å². The van der Waals surface area contributed by atoms with Crippen molar-refractivity contribution >= 4 is 5.78 Å². The summed E-state index contributed by atoms with van der Waals surface area (Å²) in [4.78, 5) is 10.2. The molecule has 0 N–H and O–H groups in total. The second kappa shape index (κ2) is 3.55. The maximum absolute atomic E-state index is 11.7. The SMILES string of the molecule is CC(=O)C=CC(C)C(F)(F)F. The summed E-state index contributed by atoms with van der Waals surface area (Å²) in [7, 11) is 0. The van der Waals surface area contributed by atoms with Gasteiger partial charge >= 0.3 is 6.18 Å². The molecule has 0 saturated heterocycles. The summed E-state index contributed by atoms with van der Waals surface area (Å²) in [6.07, 6.45) is -2.47. The highest BCUT2D eigenvalue weighted by Crippen LogP contribution is 2.26. The van der Waals surface area contributed by atoms with Crippen LogP contribution in [0.3, 0.4) is 0 Å². The lowest BCUT2D eigenvalue weighted by atomic mass is 10.1. The molecule has 0 aromatic carbocycles. The first-order valence-corrected chi connectivity index (χ1v) is 3.09. The molecule has 4 heteroatoms. The lowest BCUT2D eigenvalue weighted by Crippen LogP contribution is -2.17. The van der Waals surface area contributed by atoms with Crippen LogP contribution in [0.15, 0.2) is 12.2 Å². The molecule has 0 aliphatic heterocycles. The minimum Gasteiger partial charge on any atom is -0.295 e. The van der Waals surface area contributed by atoms with E-state index in [4.69, 9.17) is 0 Å². The fraction of sp³-hybridized carbons (Fsp3) is 0.571. The second-order valence-corrected chi connectivity index (χ2v) is 2.30. The molecule has 0 heterocycles. The Hall–Kier alpha value is -0.800. The van der Waals surface area contributed by atoms with Crippen LogP contribution in [0.5, 0.6) is 0 Å². The van der Waals surface area contributed by atoms with Crippen molar-refractivity contribution in [3.8, 4) is 0 Å². The normalized spacial score (nSPS) is 15.4. The van der Waals surface area contributed by atoms with Crippen LogP contribution >= 0.6 is 0 Å². The minimum atomic E-state index is -4.24. The molecule has 0 fully saturated rings. The first kappa shape index (κ1) is 10.2. The van der Waals surface area contributed by atoms with Crippen molar-refractivity contribution in [3.05, 3.63) is 12.2 Å². The molecule has 0 bridgehead atoms. The van der Waals surface area contributed by atoms with Gasteiger partial charge in [-0.05, 0) is 13.0 Å². The summed E-state index contributed by atoms with van der Waals surface area (Å²) in [6, 6.07) is 0. The molecule has 0 aliphatic rings. The van der Waals surface area contributed by atoms with Crippen molar-refractivity contribution in [2.75, 3.05) is 0 Å². The maximum Gasteiger partial charge on any atom is 0.394 e. The zero-order valence-corrected chi connectivity index (χ0v) is 6.27. The van der Waals surface area contributed by atoms with Gasteiger partial charge in [0.25, 0.3) is 0 Å². The summed E-state index contributed by atoms with van der Waals surface area (Å²) in [5, 5.41) is 0. The Bertz CT molecular complexity index is 169. The zero-order valence-electron chi connectivity index (χ0n) is 6.27. The van der Waals surface area contributed by atoms with Crippen LogP contribution in [0, 0.1) is 5.92 Å². The van der Waals surface area contributed by atoms with Crippen molar-refractivity contribution in [1.29, 1.82) is 0 Å². The summed E-state index contributed by atoms with van der Waals surface area (Å²) in [5.41, 5.74) is 0. The monoisotopic (exact) mass is 166 g/mol. The van der Waals surface area contributed by atoms with Gasteiger partial charge in [-0.3, -0.25) is 4.79 Å². The highest BCUT2D eigenvalue weighted by molar-refractivity contribution is 5.87. The number of ketones is 1. The van der Waals surface area contributed by atoms with Crippen LogP contribution in [0.4, 0.5) is 13.2 Å². The highest BCUT2D eigenvalue weighted by atomic mass is 19.4. The van der Waals surface area contributed by atoms with E-state index in [1.807, 2.05) is 0 Å². The molecule has 1 unspecified atom stereocenters. The number of rotatable bonds is 2. The van der Waals surface area contributed by atoms with Crippen LogP contribution < -0.4 is 0 Å². The van der Waals surface area contributed by atoms with Crippen LogP contribution in [-0.4, -0.2) is 12.0 Å². The third-order valence-electron chi connectivity index (χ3n) is 1.14. The number of carbonyl (C=O) groups excluding carboxylic acids is 1. The van der Waals surface area contributed by atoms with Gasteiger partial charge in [0.1, 0.15) is 0 Å². The molecule has 1 nitrogen and oxygen atoms in total. The van der Waals surface area contributed by atoms with Crippen LogP contribution in [0.25, 0.3) is 0 Å². The molecule has 0 spiro atoms. The van der Waals surface area contributed by atoms with E-state index in [1.165, 1.54) is 6.92 Å². The van der Waals surface area contributed by atoms with Gasteiger partial charge in [0, 0.05) is 0 Å². The fourth-order valence-corrected chi connectivity index (χ4v) is 0.389. The van der Waals surface area contributed by atoms with E-state index < -0.39 is 12.1 Å². The van der Waals surface area contributed by atoms with Crippen molar-refractivity contribution < 1.29 is 18.0 Å². The van der Waals surface area contributed by atoms with Crippen LogP contribution in [0.2, 0.25) is 0 Å². The maximum atomic E-state index is 11.7. The largest absolute Gasteiger partial charge is 0.394 e. The molecule has 0 aromatic rings. The average molecular weight is 166 g/mol. The molecule has 0 rings (SSSR count). The summed E-state index contributed by atoms with van der Waals surface area (Å²) in [5.74, 6) is -1.92. The molecular formula is C7H9F3O. The Morgan fingerprint density at radius 3 is 2.18 bits per heavy atom. The molecule has 0 aromatic heterocycles. The molecule has 0 aliphatic carbocycles. The van der Waals surface area contributed by atoms with E-state index in [1.54, 1.807) is 0 Å². The quantitative estimate of drug-likeness (QED) is 0.575. The van der Waals surface area contributed by atoms with E-state index >= 15 is 0 Å². The van der Waals surface area contributed by atoms with Gasteiger partial charge in [-0.1, -0.05) is 13.0 Å². The smallest absolute Gasteiger partial charge is 0.295 e. The van der Waals surface area contributed by atoms with Crippen molar-refractivity contribution in [1.82, 2.24) is 0 Å². The van der Waals surface area contributed by atoms with Gasteiger partial charge in [-0.2, -0.15) is 13.2 Å². The van der Waals surface area contributed by atoms with E-state index in [0.29, 0.717) is 0 Å². The standard InChI is InChI=1S/C7H9F3O/c1-5(7(8,9)10)3-4-6(2)11/h3-5H,1-2H3. The minimum absolute atomic E-state index is 0.374. The number of alkyl halides is 3. The van der Waals surface area contributed by atoms with Gasteiger partial charge in [0.15, 0.2) is 5.78 Å². The Morgan fingerprint density at radius 2 is 1.91 bits per heavy atom. The molecule has 64 valence electrons. The van der Waals surface area contributed by atoms with Crippen molar-refractivity contribution in [3.63, 3.8) is 0 Å². The molecular weight excluding hydrogens is 157 g/mol. The molecule has 11 heavy (non-hydrogen) atoms. The molecule has 0 amide bonds. The summed E-state index contributed by atoms with van der Waals surface area (Å²) >= 11 is 0. The van der Waals surface area contributed by atoms with Crippen LogP contribution in [0.1, 0.15) is 13.8 Å². The summed E-state index contributed by atoms with van der Waals surface area (Å²) < 4.78 is 35.2. The van der Waals surface area contributed by atoms with Crippen molar-refractivity contribution in [2.45, 2.75) is 20.0 Å². The Balaban J connectivity index is 4.07. The Morgan fingerprint density at radius 1 is 1.45 bits per heavy atom. The predicted octanol–water partition coefficient (Wildman–Crippen LogP) is 2.33. The zero-order chi connectivity index (χ0) is 9.07. The Kier molecular flexibility index (Phi) is 3.29. The molecule has 0 radical (unpaired) electrons. The first-order valence-electron chi connectivity index (χ1n) is 3.09. The second-order valence-electron chi connectivity index (χ2n) is 2.30. The number of hydrogen-bond donors (Lipinski definition) is 0. The van der Waals surface area contributed by atoms with Gasteiger partial charge in [0.05, 0.1) is 5.92 Å². The highest BCUT2D eigenvalue weighted by Gasteiger charge is 2.33. The van der Waals surface area contributed by atoms with Crippen LogP contribution in [-0.2, 0) is 4.79 Å². The van der Waals surface area contributed by atoms with Gasteiger partial charge in [-0.15, -0.1) is 0 Å². The summed E-state index contributed by atoms with van der Waals surface area (Å²) in [6.45, 7) is 2.21. The third kappa shape index (κ3) is 4.58. The fourth-order valence-electron chi connectivity index (χ4n) is 0.389. The van der Waals surface area contributed by atoms with E-state index in [0.717, 1.165) is 19.1 Å². The van der Waals surface area contributed by atoms with E-state index in [-0.39, 0.29) is 5.78 Å². The van der Waals surface area contributed by atoms with Gasteiger partial charge in [0.2, 0.25) is 0 Å². The molecule has 0 saturated carbocycles. The van der Waals surface area contributed by atoms with E-state index in [9.17, 15) is 18.0 Å². The lowest BCUT2D eigenvalue weighted by molar-refractivity contribution is -0.156. The average Bonchev–Trinajstić information content (AvgIpc) is 1.80. The lowest BCUT2D eigenvalue weighted by Gasteiger charge is -2.09. The van der Waals surface area contributed by atoms with Crippen molar-refractivity contribution in [2.24, 2.45) is 5.92 Å². The van der Waals surface area contributed by atoms with E-state index in [2.05, 4.69) is 0 Å². The predicted molar refractivity (Wildman–Crippen MR) is 35.0 cm³/mol. The van der Waals surface area contributed by atoms with Gasteiger partial charge in [-0.25, -0.2) is 0 Å². The first-order chi connectivity index (χ1) is 4.84. The molecule has 1 atom stereocenters. The number of halogens is 3. The number of allylic oxidation sites excluding steroid dienone is 2. The topological polar surface area (TPSA) is 17.1 Å². The third-order valence-corrected chi connectivity index (χ3v) is 1.14. The number of hydrogen-bond acceptors (Lipinski definition) is 1.